The van der Waals surface area contributed by atoms with Gasteiger partial charge in [-0.1, -0.05) is 56.1 Å². The number of carboxylic acid groups (broad SMARTS) is 2. The Morgan fingerprint density at radius 3 is 1.73 bits per heavy atom. The monoisotopic (exact) mass is 673 g/mol. The molecule has 0 heterocycles. The van der Waals surface area contributed by atoms with Gasteiger partial charge in [-0.15, -0.1) is 0 Å². The van der Waals surface area contributed by atoms with Crippen LogP contribution < -0.4 is 4.90 Å². The number of hydrogen-bond donors (Lipinski definition) is 2. The number of nitrogens with zero attached hydrogens (tertiary/aromatic N) is 1. The van der Waals surface area contributed by atoms with Crippen LogP contribution >= 0.6 is 31.9 Å². The molecule has 0 fully saturated rings. The highest BCUT2D eigenvalue weighted by molar-refractivity contribution is 9.10. The Labute approximate surface area is 249 Å². The molecule has 210 valence electrons. The van der Waals surface area contributed by atoms with Crippen LogP contribution in [0.4, 0.5) is 5.69 Å². The van der Waals surface area contributed by atoms with Crippen LogP contribution in [0.15, 0.2) is 69.6 Å². The lowest BCUT2D eigenvalue weighted by molar-refractivity contribution is -0.143. The quantitative estimate of drug-likeness (QED) is 0.152. The van der Waals surface area contributed by atoms with Crippen LogP contribution in [0.5, 0.6) is 0 Å². The molecule has 0 spiro atoms. The predicted octanol–water partition coefficient (Wildman–Crippen LogP) is 5.81. The normalized spacial score (nSPS) is 11.7. The Morgan fingerprint density at radius 2 is 1.18 bits per heavy atom. The standard InChI is InChI=1S/C30H29Br2NO7/c31-21-3-7-24-25-8-4-22(32)17-28(25)26(27(24)16-21)15-20-1-5-23(6-2-20)33(10-12-39-18-29(34)35)9-11-38-13-14-40-19-30(36)37/h1-8,15-17H,9-14,18-19H2,(H,34,35)(H,36,37). The topological polar surface area (TPSA) is 106 Å². The lowest BCUT2D eigenvalue weighted by Gasteiger charge is -2.25. The lowest BCUT2D eigenvalue weighted by Crippen LogP contribution is -2.31. The van der Waals surface area contributed by atoms with Crippen molar-refractivity contribution in [3.63, 3.8) is 0 Å². The molecule has 0 unspecified atom stereocenters. The molecule has 1 aliphatic rings. The van der Waals surface area contributed by atoms with Crippen molar-refractivity contribution < 1.29 is 34.0 Å². The molecule has 4 rings (SSSR count). The van der Waals surface area contributed by atoms with Crippen molar-refractivity contribution in [2.24, 2.45) is 0 Å². The van der Waals surface area contributed by atoms with Gasteiger partial charge in [-0.2, -0.15) is 0 Å². The summed E-state index contributed by atoms with van der Waals surface area (Å²) in [5.41, 5.74) is 7.90. The number of ether oxygens (including phenoxy) is 3. The molecule has 8 nitrogen and oxygen atoms in total. The molecule has 0 aromatic heterocycles. The van der Waals surface area contributed by atoms with Crippen molar-refractivity contribution in [2.75, 3.05) is 57.6 Å². The van der Waals surface area contributed by atoms with E-state index in [-0.39, 0.29) is 33.0 Å². The Bertz CT molecular complexity index is 1320. The number of carbonyl (C=O) groups is 2. The summed E-state index contributed by atoms with van der Waals surface area (Å²) < 4.78 is 17.9. The summed E-state index contributed by atoms with van der Waals surface area (Å²) in [6.45, 7) is 1.41. The number of carboxylic acids is 2. The van der Waals surface area contributed by atoms with Crippen LogP contribution in [0.3, 0.4) is 0 Å². The molecule has 0 aliphatic heterocycles. The first-order chi connectivity index (χ1) is 19.3. The van der Waals surface area contributed by atoms with Gasteiger partial charge < -0.3 is 29.3 Å². The SMILES string of the molecule is O=C(O)COCCOCCN(CCOCC(=O)O)c1ccc(C=C2c3cc(Br)ccc3-c3ccc(Br)cc32)cc1. The molecule has 0 bridgehead atoms. The van der Waals surface area contributed by atoms with E-state index in [0.717, 1.165) is 25.8 Å². The maximum Gasteiger partial charge on any atom is 0.329 e. The van der Waals surface area contributed by atoms with Gasteiger partial charge >= 0.3 is 11.9 Å². The van der Waals surface area contributed by atoms with Gasteiger partial charge in [0, 0.05) is 27.7 Å². The second kappa shape index (κ2) is 14.6. The predicted molar refractivity (Wildman–Crippen MR) is 161 cm³/mol. The highest BCUT2D eigenvalue weighted by Gasteiger charge is 2.23. The molecule has 3 aromatic rings. The van der Waals surface area contributed by atoms with E-state index in [1.54, 1.807) is 0 Å². The van der Waals surface area contributed by atoms with Crippen LogP contribution in [-0.2, 0) is 23.8 Å². The number of halogens is 2. The fraction of sp³-hybridized carbons (Fsp3) is 0.267. The van der Waals surface area contributed by atoms with E-state index < -0.39 is 11.9 Å². The maximum absolute atomic E-state index is 10.8. The van der Waals surface area contributed by atoms with Gasteiger partial charge in [0.05, 0.1) is 26.4 Å². The van der Waals surface area contributed by atoms with E-state index in [2.05, 4.69) is 91.4 Å². The van der Waals surface area contributed by atoms with Crippen LogP contribution in [0.25, 0.3) is 22.8 Å². The van der Waals surface area contributed by atoms with E-state index in [9.17, 15) is 9.59 Å². The Balaban J connectivity index is 1.47. The van der Waals surface area contributed by atoms with Crippen molar-refractivity contribution in [1.29, 1.82) is 0 Å². The number of aliphatic carboxylic acids is 2. The Kier molecular flexibility index (Phi) is 10.9. The molecule has 0 saturated heterocycles. The molecular formula is C30H29Br2NO7. The lowest BCUT2D eigenvalue weighted by atomic mass is 10.0. The summed E-state index contributed by atoms with van der Waals surface area (Å²) in [5, 5.41) is 17.5. The number of fused-ring (bicyclic) bond motifs is 3. The van der Waals surface area contributed by atoms with Crippen molar-refractivity contribution in [1.82, 2.24) is 0 Å². The summed E-state index contributed by atoms with van der Waals surface area (Å²) in [5.74, 6) is -2.03. The van der Waals surface area contributed by atoms with Gasteiger partial charge in [-0.05, 0) is 75.9 Å². The molecule has 0 atom stereocenters. The summed E-state index contributed by atoms with van der Waals surface area (Å²) in [6.07, 6.45) is 2.19. The number of hydrogen-bond acceptors (Lipinski definition) is 6. The van der Waals surface area contributed by atoms with E-state index in [1.807, 2.05) is 12.1 Å². The Morgan fingerprint density at radius 1 is 0.675 bits per heavy atom. The average Bonchev–Trinajstić information content (AvgIpc) is 3.21. The van der Waals surface area contributed by atoms with Crippen molar-refractivity contribution in [3.8, 4) is 11.1 Å². The van der Waals surface area contributed by atoms with Crippen molar-refractivity contribution >= 4 is 61.1 Å². The van der Waals surface area contributed by atoms with Crippen molar-refractivity contribution in [2.45, 2.75) is 0 Å². The van der Waals surface area contributed by atoms with Crippen LogP contribution in [0, 0.1) is 0 Å². The third-order valence-electron chi connectivity index (χ3n) is 6.24. The van der Waals surface area contributed by atoms with E-state index in [0.29, 0.717) is 19.7 Å². The molecule has 0 radical (unpaired) electrons. The fourth-order valence-electron chi connectivity index (χ4n) is 4.46. The number of benzene rings is 3. The summed E-state index contributed by atoms with van der Waals surface area (Å²) in [4.78, 5) is 23.4. The van der Waals surface area contributed by atoms with Gasteiger partial charge in [0.2, 0.25) is 0 Å². The first kappa shape index (κ1) is 30.0. The Hall–Kier alpha value is -3.02. The highest BCUT2D eigenvalue weighted by atomic mass is 79.9. The third kappa shape index (κ3) is 8.25. The van der Waals surface area contributed by atoms with E-state index in [4.69, 9.17) is 24.4 Å². The molecular weight excluding hydrogens is 646 g/mol. The molecule has 0 saturated carbocycles. The van der Waals surface area contributed by atoms with Crippen LogP contribution in [-0.4, -0.2) is 74.9 Å². The van der Waals surface area contributed by atoms with Crippen molar-refractivity contribution in [3.05, 3.63) is 86.3 Å². The minimum atomic E-state index is -1.02. The zero-order chi connectivity index (χ0) is 28.5. The first-order valence-electron chi connectivity index (χ1n) is 12.7. The number of rotatable bonds is 15. The summed E-state index contributed by atoms with van der Waals surface area (Å²) >= 11 is 7.23. The third-order valence-corrected chi connectivity index (χ3v) is 7.22. The first-order valence-corrected chi connectivity index (χ1v) is 14.2. The molecule has 1 aliphatic carbocycles. The largest absolute Gasteiger partial charge is 0.480 e. The van der Waals surface area contributed by atoms with E-state index >= 15 is 0 Å². The summed E-state index contributed by atoms with van der Waals surface area (Å²) in [6, 6.07) is 20.9. The molecule has 10 heteroatoms. The number of anilines is 1. The van der Waals surface area contributed by atoms with Gasteiger partial charge in [0.1, 0.15) is 13.2 Å². The smallest absolute Gasteiger partial charge is 0.329 e. The van der Waals surface area contributed by atoms with E-state index in [1.165, 1.54) is 22.3 Å². The maximum atomic E-state index is 10.8. The second-order valence-corrected chi connectivity index (χ2v) is 10.9. The van der Waals surface area contributed by atoms with Gasteiger partial charge in [-0.3, -0.25) is 0 Å². The minimum absolute atomic E-state index is 0.191. The van der Waals surface area contributed by atoms with Gasteiger partial charge in [0.15, 0.2) is 0 Å². The van der Waals surface area contributed by atoms with Crippen LogP contribution in [0.1, 0.15) is 16.7 Å². The molecule has 2 N–H and O–H groups in total. The molecule has 0 amide bonds. The highest BCUT2D eigenvalue weighted by Crippen LogP contribution is 2.46. The van der Waals surface area contributed by atoms with Crippen LogP contribution in [0.2, 0.25) is 0 Å². The minimum Gasteiger partial charge on any atom is -0.480 e. The van der Waals surface area contributed by atoms with Gasteiger partial charge in [-0.25, -0.2) is 9.59 Å². The average molecular weight is 675 g/mol. The summed E-state index contributed by atoms with van der Waals surface area (Å²) in [7, 11) is 0. The molecule has 3 aromatic carbocycles. The van der Waals surface area contributed by atoms with Gasteiger partial charge in [0.25, 0.3) is 0 Å². The molecule has 40 heavy (non-hydrogen) atoms. The zero-order valence-corrected chi connectivity index (χ0v) is 24.8. The fourth-order valence-corrected chi connectivity index (χ4v) is 5.18. The second-order valence-electron chi connectivity index (χ2n) is 9.02. The zero-order valence-electron chi connectivity index (χ0n) is 21.6.